The van der Waals surface area contributed by atoms with Crippen molar-refractivity contribution in [3.05, 3.63) is 82.8 Å². The number of aldehydes is 1. The monoisotopic (exact) mass is 600 g/mol. The summed E-state index contributed by atoms with van der Waals surface area (Å²) in [5.74, 6) is -1.98. The molecule has 5 heterocycles. The third-order valence-electron chi connectivity index (χ3n) is 9.48. The smallest absolute Gasteiger partial charge is 0.678 e. The van der Waals surface area contributed by atoms with E-state index in [0.29, 0.717) is 50.8 Å². The molecule has 0 spiro atoms. The van der Waals surface area contributed by atoms with Crippen molar-refractivity contribution in [1.82, 2.24) is 15.0 Å². The molecule has 224 valence electrons. The molecule has 3 atom stereocenters. The Morgan fingerprint density at radius 3 is 2.23 bits per heavy atom. The Morgan fingerprint density at radius 2 is 1.59 bits per heavy atom. The summed E-state index contributed by atoms with van der Waals surface area (Å²) in [5, 5.41) is 7.94. The number of carbonyl (C=O) groups is 3. The molecular weight excluding hydrogens is 565 g/mol. The zero-order valence-corrected chi connectivity index (χ0v) is 27.9. The van der Waals surface area contributed by atoms with E-state index in [0.717, 1.165) is 64.2 Å². The molecule has 1 unspecified atom stereocenters. The summed E-state index contributed by atoms with van der Waals surface area (Å²) in [6, 6.07) is -0.431. The first-order valence-electron chi connectivity index (χ1n) is 15.1. The Balaban J connectivity index is 0.00000384. The fourth-order valence-electron chi connectivity index (χ4n) is 7.20. The predicted molar refractivity (Wildman–Crippen MR) is 170 cm³/mol. The Bertz CT molecular complexity index is 1990. The van der Waals surface area contributed by atoms with Gasteiger partial charge in [-0.1, -0.05) is 84.9 Å². The maximum atomic E-state index is 14.0. The van der Waals surface area contributed by atoms with Crippen molar-refractivity contribution in [2.45, 2.75) is 73.3 Å². The van der Waals surface area contributed by atoms with Crippen LogP contribution < -0.4 is 36.3 Å². The number of hydrogen-bond acceptors (Lipinski definition) is 4. The van der Waals surface area contributed by atoms with E-state index in [1.54, 1.807) is 0 Å². The summed E-state index contributed by atoms with van der Waals surface area (Å²) in [4.78, 5) is 54.4. The maximum absolute atomic E-state index is 14.0. The predicted octanol–water partition coefficient (Wildman–Crippen LogP) is 1.77. The standard InChI is InChI=1S/C35H37N4O4.Mg/c1-8-11-21-17(5)24-12-23-16(4)19(9-2)26(36-23)14-28-22(15-40)20(10-3)27(37-28)13-25-18(6)29-33(39-25)30(32(21)38-24)31(34(29)41)35(42)43-7;/h12-15,21,31-32H,8-11H2,1-7H3,(H-,36,37,40,41);/q-3;+2/p-1/b23-12-;/t21-,31+,32?;/m0./s1. The van der Waals surface area contributed by atoms with Gasteiger partial charge in [-0.25, -0.2) is 0 Å². The first kappa shape index (κ1) is 31.8. The van der Waals surface area contributed by atoms with Gasteiger partial charge in [-0.05, 0) is 46.0 Å². The van der Waals surface area contributed by atoms with E-state index in [1.165, 1.54) is 7.11 Å². The zero-order chi connectivity index (χ0) is 30.7. The fraction of sp³-hybridized carbons (Fsp3) is 0.400. The second-order valence-electron chi connectivity index (χ2n) is 11.7. The van der Waals surface area contributed by atoms with Gasteiger partial charge in [-0.15, -0.1) is 38.5 Å². The molecule has 3 aliphatic rings. The van der Waals surface area contributed by atoms with Gasteiger partial charge >= 0.3 is 29.0 Å². The van der Waals surface area contributed by atoms with Gasteiger partial charge in [0, 0.05) is 11.1 Å². The van der Waals surface area contributed by atoms with Crippen LogP contribution in [0.5, 0.6) is 0 Å². The number of hydrogen-bond donors (Lipinski definition) is 0. The van der Waals surface area contributed by atoms with Crippen molar-refractivity contribution in [2.75, 3.05) is 7.11 Å². The van der Waals surface area contributed by atoms with Crippen molar-refractivity contribution < 1.29 is 19.1 Å². The number of rotatable bonds is 6. The number of ether oxygens (including phenoxy) is 1. The van der Waals surface area contributed by atoms with Crippen molar-refractivity contribution in [1.29, 1.82) is 0 Å². The summed E-state index contributed by atoms with van der Waals surface area (Å²) in [6.07, 6.45) is 9.78. The summed E-state index contributed by atoms with van der Waals surface area (Å²) in [6.45, 7) is 12.2. The van der Waals surface area contributed by atoms with Crippen LogP contribution in [-0.4, -0.2) is 54.2 Å². The van der Waals surface area contributed by atoms with Gasteiger partial charge in [0.1, 0.15) is 12.2 Å². The maximum Gasteiger partial charge on any atom is 2.00 e. The van der Waals surface area contributed by atoms with Crippen molar-refractivity contribution in [3.63, 3.8) is 0 Å². The van der Waals surface area contributed by atoms with Crippen LogP contribution in [0.3, 0.4) is 0 Å². The van der Waals surface area contributed by atoms with E-state index in [1.807, 2.05) is 32.1 Å². The number of allylic oxidation sites excluding steroid dienone is 1. The number of methoxy groups -OCH3 is 1. The molecule has 0 aromatic carbocycles. The second kappa shape index (κ2) is 12.1. The molecule has 0 fully saturated rings. The molecule has 0 amide bonds. The largest absolute Gasteiger partial charge is 2.00 e. The minimum Gasteiger partial charge on any atom is -0.678 e. The van der Waals surface area contributed by atoms with Crippen LogP contribution in [0, 0.1) is 25.7 Å². The van der Waals surface area contributed by atoms with Gasteiger partial charge in [0.15, 0.2) is 5.78 Å². The molecule has 9 heteroatoms. The van der Waals surface area contributed by atoms with Gasteiger partial charge < -0.3 is 25.0 Å². The molecule has 0 radical (unpaired) electrons. The van der Waals surface area contributed by atoms with E-state index in [2.05, 4.69) is 27.7 Å². The van der Waals surface area contributed by atoms with Crippen LogP contribution in [0.2, 0.25) is 0 Å². The average molecular weight is 601 g/mol. The number of ketones is 1. The summed E-state index contributed by atoms with van der Waals surface area (Å²) in [5.41, 5.74) is 8.38. The number of carbonyl (C=O) groups excluding carboxylic acids is 3. The molecule has 44 heavy (non-hydrogen) atoms. The molecule has 3 aromatic heterocycles. The Hall–Kier alpha value is -3.56. The Morgan fingerprint density at radius 1 is 0.909 bits per heavy atom. The molecule has 0 saturated heterocycles. The van der Waals surface area contributed by atoms with Crippen LogP contribution in [0.15, 0.2) is 11.3 Å². The summed E-state index contributed by atoms with van der Waals surface area (Å²) >= 11 is 0. The van der Waals surface area contributed by atoms with Crippen LogP contribution in [-0.2, 0) is 22.4 Å². The SMILES string of the molecule is CCC[C@H]1C(C)=C2/C=c3\[n-]/c(c(CC)c3C)=C\c3[n-]c(c(CC)c3C=O)/C=c3\[n-]c4c(c3C)C(=O)[C@H](C(=O)OC)C=4C1[N-]2.[Mg+2]. The number of fused-ring (bicyclic) bond motifs is 8. The van der Waals surface area contributed by atoms with Crippen LogP contribution in [0.4, 0.5) is 0 Å². The van der Waals surface area contributed by atoms with E-state index >= 15 is 0 Å². The van der Waals surface area contributed by atoms with E-state index < -0.39 is 17.9 Å². The fourth-order valence-corrected chi connectivity index (χ4v) is 7.20. The van der Waals surface area contributed by atoms with Crippen molar-refractivity contribution in [3.8, 4) is 0 Å². The minimum atomic E-state index is -1.09. The van der Waals surface area contributed by atoms with Gasteiger partial charge in [0.2, 0.25) is 0 Å². The topological polar surface area (TPSA) is 117 Å². The molecule has 1 aliphatic carbocycles. The molecule has 2 aliphatic heterocycles. The third-order valence-corrected chi connectivity index (χ3v) is 9.48. The number of esters is 1. The van der Waals surface area contributed by atoms with Crippen molar-refractivity contribution in [2.24, 2.45) is 11.8 Å². The van der Waals surface area contributed by atoms with E-state index in [4.69, 9.17) is 25.0 Å². The molecular formula is C35H36MgN4O4-2. The molecule has 3 aromatic rings. The summed E-state index contributed by atoms with van der Waals surface area (Å²) in [7, 11) is 1.31. The molecule has 0 N–H and O–H groups in total. The quantitative estimate of drug-likeness (QED) is 0.183. The zero-order valence-electron chi connectivity index (χ0n) is 26.5. The van der Waals surface area contributed by atoms with Gasteiger partial charge in [0.25, 0.3) is 0 Å². The first-order chi connectivity index (χ1) is 20.7. The number of nitrogens with zero attached hydrogens (tertiary/aromatic N) is 4. The second-order valence-corrected chi connectivity index (χ2v) is 11.7. The van der Waals surface area contributed by atoms with Crippen LogP contribution in [0.1, 0.15) is 94.9 Å². The number of Topliss-reactive ketones (excluding diaryl/α,β-unsaturated/α-hetero) is 1. The molecule has 6 rings (SSSR count). The van der Waals surface area contributed by atoms with Gasteiger partial charge in [-0.2, -0.15) is 0 Å². The summed E-state index contributed by atoms with van der Waals surface area (Å²) < 4.78 is 5.17. The third kappa shape index (κ3) is 4.67. The van der Waals surface area contributed by atoms with Crippen LogP contribution in [0.25, 0.3) is 29.1 Å². The molecule has 0 saturated carbocycles. The Kier molecular flexibility index (Phi) is 8.75. The first-order valence-corrected chi connectivity index (χ1v) is 15.1. The van der Waals surface area contributed by atoms with E-state index in [9.17, 15) is 14.4 Å². The Labute approximate surface area is 273 Å². The average Bonchev–Trinajstić information content (AvgIpc) is 3.74. The molecule has 8 bridgehead atoms. The van der Waals surface area contributed by atoms with Crippen molar-refractivity contribution >= 4 is 64.9 Å². The van der Waals surface area contributed by atoms with Gasteiger partial charge in [-0.3, -0.25) is 14.4 Å². The number of aromatic nitrogens is 3. The van der Waals surface area contributed by atoms with E-state index in [-0.39, 0.29) is 34.8 Å². The normalized spacial score (nSPS) is 22.3. The minimum absolute atomic E-state index is 0. The van der Waals surface area contributed by atoms with Crippen LogP contribution >= 0.6 is 0 Å². The molecule has 8 nitrogen and oxygen atoms in total. The van der Waals surface area contributed by atoms with Gasteiger partial charge in [0.05, 0.1) is 7.11 Å².